The largest absolute Gasteiger partial charge is 0.315 e. The molecule has 1 heterocycles. The van der Waals surface area contributed by atoms with Crippen molar-refractivity contribution in [2.45, 2.75) is 5.16 Å². The molecule has 1 aromatic heterocycles. The molecule has 104 valence electrons. The molecule has 0 unspecified atom stereocenters. The van der Waals surface area contributed by atoms with Crippen molar-refractivity contribution in [3.8, 4) is 5.69 Å². The topological polar surface area (TPSA) is 87.0 Å². The maximum Gasteiger partial charge on any atom is 0.272 e. The third kappa shape index (κ3) is 3.59. The lowest BCUT2D eigenvalue weighted by atomic mass is 10.2. The van der Waals surface area contributed by atoms with Crippen LogP contribution in [0, 0.1) is 0 Å². The van der Waals surface area contributed by atoms with E-state index in [9.17, 15) is 8.42 Å². The van der Waals surface area contributed by atoms with E-state index in [1.165, 1.54) is 4.68 Å². The first kappa shape index (κ1) is 15.0. The van der Waals surface area contributed by atoms with E-state index < -0.39 is 9.84 Å². The monoisotopic (exact) mass is 310 g/mol. The molecule has 0 saturated carbocycles. The third-order valence-corrected chi connectivity index (χ3v) is 4.29. The molecule has 0 bridgehead atoms. The minimum atomic E-state index is -3.63. The van der Waals surface area contributed by atoms with Gasteiger partial charge in [0, 0.05) is 0 Å². The van der Waals surface area contributed by atoms with Gasteiger partial charge in [0.1, 0.15) is 0 Å². The highest BCUT2D eigenvalue weighted by Crippen LogP contribution is 2.13. The second-order valence-corrected chi connectivity index (χ2v) is 6.44. The van der Waals surface area contributed by atoms with Gasteiger partial charge in [-0.25, -0.2) is 8.42 Å². The molecule has 20 heavy (non-hydrogen) atoms. The van der Waals surface area contributed by atoms with E-state index in [1.54, 1.807) is 24.3 Å². The predicted octanol–water partition coefficient (Wildman–Crippen LogP) is 0.227. The van der Waals surface area contributed by atoms with Gasteiger partial charge in [-0.2, -0.15) is 4.68 Å². The summed E-state index contributed by atoms with van der Waals surface area (Å²) in [5, 5.41) is 10.5. The summed E-state index contributed by atoms with van der Waals surface area (Å²) in [6, 6.07) is 8.80. The SMILES string of the molecule is [B]CSOCCS(=O)(=O)c1nnnn1-c1ccccc1. The Kier molecular flexibility index (Phi) is 5.15. The highest BCUT2D eigenvalue weighted by atomic mass is 32.2. The average Bonchev–Trinajstić information content (AvgIpc) is 2.95. The molecule has 0 aliphatic heterocycles. The smallest absolute Gasteiger partial charge is 0.272 e. The Morgan fingerprint density at radius 2 is 2.05 bits per heavy atom. The van der Waals surface area contributed by atoms with Crippen LogP contribution in [0.3, 0.4) is 0 Å². The zero-order valence-corrected chi connectivity index (χ0v) is 12.0. The molecule has 2 radical (unpaired) electrons. The van der Waals surface area contributed by atoms with E-state index >= 15 is 0 Å². The van der Waals surface area contributed by atoms with Crippen LogP contribution >= 0.6 is 12.0 Å². The van der Waals surface area contributed by atoms with Crippen LogP contribution in [0.25, 0.3) is 5.69 Å². The van der Waals surface area contributed by atoms with E-state index in [0.717, 1.165) is 12.0 Å². The van der Waals surface area contributed by atoms with Gasteiger partial charge in [0.15, 0.2) is 0 Å². The van der Waals surface area contributed by atoms with Gasteiger partial charge in [0.05, 0.1) is 25.9 Å². The molecule has 2 aromatic rings. The van der Waals surface area contributed by atoms with E-state index in [0.29, 0.717) is 5.69 Å². The van der Waals surface area contributed by atoms with Crippen molar-refractivity contribution in [1.29, 1.82) is 0 Å². The van der Waals surface area contributed by atoms with E-state index in [2.05, 4.69) is 15.5 Å². The number of nitrogens with zero attached hydrogens (tertiary/aromatic N) is 4. The summed E-state index contributed by atoms with van der Waals surface area (Å²) in [6.07, 6.45) is 0. The second kappa shape index (κ2) is 6.86. The molecule has 0 fully saturated rings. The van der Waals surface area contributed by atoms with Crippen LogP contribution in [0.15, 0.2) is 35.5 Å². The average molecular weight is 310 g/mol. The molecule has 0 N–H and O–H groups in total. The number of sulfone groups is 1. The quantitative estimate of drug-likeness (QED) is 0.411. The van der Waals surface area contributed by atoms with Crippen LogP contribution in [0.2, 0.25) is 0 Å². The number of rotatable bonds is 7. The van der Waals surface area contributed by atoms with Crippen molar-refractivity contribution in [2.75, 3.05) is 18.0 Å². The van der Waals surface area contributed by atoms with Crippen molar-refractivity contribution in [3.05, 3.63) is 30.3 Å². The van der Waals surface area contributed by atoms with Gasteiger partial charge in [-0.3, -0.25) is 0 Å². The fourth-order valence-corrected chi connectivity index (χ4v) is 2.90. The molecule has 0 amide bonds. The number of aromatic nitrogens is 4. The second-order valence-electron chi connectivity index (χ2n) is 3.63. The Labute approximate surface area is 122 Å². The molecule has 0 aliphatic carbocycles. The van der Waals surface area contributed by atoms with Gasteiger partial charge in [0.25, 0.3) is 5.16 Å². The van der Waals surface area contributed by atoms with Gasteiger partial charge in [-0.05, 0) is 40.3 Å². The van der Waals surface area contributed by atoms with Gasteiger partial charge in [-0.15, -0.1) is 0 Å². The Morgan fingerprint density at radius 1 is 1.30 bits per heavy atom. The standard InChI is InChI=1S/C10H11BN4O3S2/c11-8-19-18-6-7-20(16,17)10-12-13-14-15(10)9-4-2-1-3-5-9/h1-5H,6-8H2. The van der Waals surface area contributed by atoms with Crippen LogP contribution in [-0.2, 0) is 14.0 Å². The maximum absolute atomic E-state index is 12.2. The summed E-state index contributed by atoms with van der Waals surface area (Å²) in [4.78, 5) is 0. The molecule has 0 aliphatic rings. The van der Waals surface area contributed by atoms with E-state index in [4.69, 9.17) is 12.0 Å². The minimum Gasteiger partial charge on any atom is -0.315 e. The van der Waals surface area contributed by atoms with E-state index in [1.807, 2.05) is 6.07 Å². The van der Waals surface area contributed by atoms with Gasteiger partial charge < -0.3 is 4.18 Å². The molecule has 7 nitrogen and oxygen atoms in total. The van der Waals surface area contributed by atoms with Crippen molar-refractivity contribution in [3.63, 3.8) is 0 Å². The number of hydrogen-bond donors (Lipinski definition) is 0. The number of para-hydroxylation sites is 1. The molecule has 0 atom stereocenters. The normalized spacial score (nSPS) is 11.6. The summed E-state index contributed by atoms with van der Waals surface area (Å²) in [5.41, 5.74) is 0.843. The lowest BCUT2D eigenvalue weighted by molar-refractivity contribution is 0.402. The molecule has 1 aromatic carbocycles. The molecular formula is C10H11BN4O3S2. The highest BCUT2D eigenvalue weighted by molar-refractivity contribution is 7.95. The van der Waals surface area contributed by atoms with Crippen molar-refractivity contribution < 1.29 is 12.6 Å². The molecule has 0 saturated heterocycles. The summed E-state index contributed by atoms with van der Waals surface area (Å²) < 4.78 is 30.5. The van der Waals surface area contributed by atoms with Gasteiger partial charge in [0.2, 0.25) is 9.84 Å². The summed E-state index contributed by atoms with van der Waals surface area (Å²) >= 11 is 1.00. The lowest BCUT2D eigenvalue weighted by Crippen LogP contribution is -2.16. The van der Waals surface area contributed by atoms with Gasteiger partial charge in [-0.1, -0.05) is 23.3 Å². The fourth-order valence-electron chi connectivity index (χ4n) is 1.45. The number of hydrogen-bond acceptors (Lipinski definition) is 7. The van der Waals surface area contributed by atoms with Gasteiger partial charge >= 0.3 is 0 Å². The van der Waals surface area contributed by atoms with Crippen LogP contribution in [0.4, 0.5) is 0 Å². The first-order valence-corrected chi connectivity index (χ1v) is 8.22. The van der Waals surface area contributed by atoms with Crippen LogP contribution in [-0.4, -0.2) is 54.5 Å². The zero-order valence-electron chi connectivity index (χ0n) is 10.4. The summed E-state index contributed by atoms with van der Waals surface area (Å²) in [5.74, 6) is -0.215. The Balaban J connectivity index is 2.19. The Hall–Kier alpha value is -1.39. The zero-order chi connectivity index (χ0) is 14.4. The van der Waals surface area contributed by atoms with Crippen LogP contribution < -0.4 is 0 Å². The molecule has 2 rings (SSSR count). The first-order chi connectivity index (χ1) is 9.65. The number of benzene rings is 1. The molecular weight excluding hydrogens is 299 g/mol. The van der Waals surface area contributed by atoms with E-state index in [-0.39, 0.29) is 23.2 Å². The van der Waals surface area contributed by atoms with Crippen molar-refractivity contribution in [2.24, 2.45) is 0 Å². The van der Waals surface area contributed by atoms with Crippen LogP contribution in [0.1, 0.15) is 0 Å². The third-order valence-electron chi connectivity index (χ3n) is 2.31. The van der Waals surface area contributed by atoms with Crippen molar-refractivity contribution >= 4 is 29.7 Å². The minimum absolute atomic E-state index is 0.0197. The Morgan fingerprint density at radius 3 is 2.75 bits per heavy atom. The lowest BCUT2D eigenvalue weighted by Gasteiger charge is -2.05. The predicted molar refractivity (Wildman–Crippen MR) is 75.4 cm³/mol. The fraction of sp³-hybridized carbons (Fsp3) is 0.300. The number of tetrazole rings is 1. The maximum atomic E-state index is 12.2. The molecule has 0 spiro atoms. The summed E-state index contributed by atoms with van der Waals surface area (Å²) in [6.45, 7) is 0.0197. The first-order valence-electron chi connectivity index (χ1n) is 5.66. The molecule has 10 heteroatoms. The van der Waals surface area contributed by atoms with Crippen LogP contribution in [0.5, 0.6) is 0 Å². The van der Waals surface area contributed by atoms with Crippen molar-refractivity contribution in [1.82, 2.24) is 20.2 Å². The highest BCUT2D eigenvalue weighted by Gasteiger charge is 2.23. The Bertz CT molecular complexity index is 648. The summed E-state index contributed by atoms with van der Waals surface area (Å²) in [7, 11) is 1.60.